The van der Waals surface area contributed by atoms with E-state index in [4.69, 9.17) is 0 Å². The number of carbonyl (C=O) groups is 1. The molecule has 3 heteroatoms. The van der Waals surface area contributed by atoms with Crippen LogP contribution >= 0.6 is 15.9 Å². The van der Waals surface area contributed by atoms with Crippen molar-refractivity contribution in [2.45, 2.75) is 46.6 Å². The minimum Gasteiger partial charge on any atom is -0.350 e. The van der Waals surface area contributed by atoms with Gasteiger partial charge >= 0.3 is 0 Å². The third-order valence-electron chi connectivity index (χ3n) is 2.91. The minimum absolute atomic E-state index is 0.0833. The summed E-state index contributed by atoms with van der Waals surface area (Å²) >= 11 is 3.43. The smallest absolute Gasteiger partial charge is 0.223 e. The Morgan fingerprint density at radius 3 is 2.21 bits per heavy atom. The lowest BCUT2D eigenvalue weighted by Crippen LogP contribution is -2.49. The molecule has 2 nitrogen and oxygen atoms in total. The maximum atomic E-state index is 11.8. The third-order valence-corrected chi connectivity index (χ3v) is 4.15. The van der Waals surface area contributed by atoms with Gasteiger partial charge in [0.25, 0.3) is 0 Å². The van der Waals surface area contributed by atoms with Crippen LogP contribution in [0.25, 0.3) is 0 Å². The molecule has 0 fully saturated rings. The number of alkyl halides is 1. The first kappa shape index (κ1) is 13.9. The molecule has 84 valence electrons. The van der Waals surface area contributed by atoms with Gasteiger partial charge in [-0.3, -0.25) is 4.79 Å². The van der Waals surface area contributed by atoms with Crippen LogP contribution in [0.1, 0.15) is 41.0 Å². The highest BCUT2D eigenvalue weighted by Crippen LogP contribution is 2.16. The van der Waals surface area contributed by atoms with E-state index in [-0.39, 0.29) is 17.4 Å². The number of nitrogens with one attached hydrogen (secondary N) is 1. The number of halogens is 1. The molecule has 0 aliphatic rings. The fraction of sp³-hybridized carbons (Fsp3) is 0.909. The van der Waals surface area contributed by atoms with E-state index in [1.165, 1.54) is 0 Å². The van der Waals surface area contributed by atoms with Crippen molar-refractivity contribution in [3.05, 3.63) is 0 Å². The average molecular weight is 264 g/mol. The van der Waals surface area contributed by atoms with Crippen LogP contribution in [-0.2, 0) is 4.79 Å². The monoisotopic (exact) mass is 263 g/mol. The van der Waals surface area contributed by atoms with E-state index in [0.29, 0.717) is 5.92 Å². The van der Waals surface area contributed by atoms with Gasteiger partial charge < -0.3 is 5.32 Å². The lowest BCUT2D eigenvalue weighted by atomic mass is 9.94. The topological polar surface area (TPSA) is 29.1 Å². The molecular weight excluding hydrogens is 242 g/mol. The first-order valence-corrected chi connectivity index (χ1v) is 6.36. The summed E-state index contributed by atoms with van der Waals surface area (Å²) in [5.74, 6) is 0.634. The normalized spacial score (nSPS) is 17.6. The Morgan fingerprint density at radius 1 is 1.43 bits per heavy atom. The van der Waals surface area contributed by atoms with Gasteiger partial charge in [0.15, 0.2) is 0 Å². The fourth-order valence-corrected chi connectivity index (χ4v) is 1.47. The van der Waals surface area contributed by atoms with Gasteiger partial charge in [0.2, 0.25) is 5.91 Å². The molecule has 0 aromatic rings. The van der Waals surface area contributed by atoms with E-state index < -0.39 is 0 Å². The highest BCUT2D eigenvalue weighted by atomic mass is 79.9. The molecule has 2 unspecified atom stereocenters. The number of hydrogen-bond donors (Lipinski definition) is 1. The molecule has 0 aliphatic heterocycles. The Bertz CT molecular complexity index is 188. The molecule has 0 saturated carbocycles. The molecule has 14 heavy (non-hydrogen) atoms. The van der Waals surface area contributed by atoms with Crippen LogP contribution in [0.4, 0.5) is 0 Å². The third kappa shape index (κ3) is 3.99. The molecule has 0 bridgehead atoms. The van der Waals surface area contributed by atoms with Crippen molar-refractivity contribution in [1.82, 2.24) is 5.32 Å². The van der Waals surface area contributed by atoms with Crippen LogP contribution in [-0.4, -0.2) is 16.8 Å². The van der Waals surface area contributed by atoms with E-state index in [9.17, 15) is 4.79 Å². The summed E-state index contributed by atoms with van der Waals surface area (Å²) in [5, 5.41) is 3.89. The summed E-state index contributed by atoms with van der Waals surface area (Å²) in [6.45, 7) is 10.3. The number of carbonyl (C=O) groups excluding carboxylic acids is 1. The SMILES string of the molecule is CCC(C)(CBr)NC(=O)C(C)C(C)C. The molecule has 0 heterocycles. The highest BCUT2D eigenvalue weighted by molar-refractivity contribution is 9.09. The van der Waals surface area contributed by atoms with Crippen molar-refractivity contribution in [3.63, 3.8) is 0 Å². The van der Waals surface area contributed by atoms with Crippen molar-refractivity contribution >= 4 is 21.8 Å². The maximum absolute atomic E-state index is 11.8. The quantitative estimate of drug-likeness (QED) is 0.760. The van der Waals surface area contributed by atoms with E-state index in [1.54, 1.807) is 0 Å². The van der Waals surface area contributed by atoms with Crippen molar-refractivity contribution in [3.8, 4) is 0 Å². The molecule has 1 amide bonds. The van der Waals surface area contributed by atoms with Gasteiger partial charge in [0.1, 0.15) is 0 Å². The number of amides is 1. The Morgan fingerprint density at radius 2 is 1.93 bits per heavy atom. The fourth-order valence-electron chi connectivity index (χ4n) is 0.930. The largest absolute Gasteiger partial charge is 0.350 e. The average Bonchev–Trinajstić information content (AvgIpc) is 2.16. The molecule has 0 aliphatic carbocycles. The van der Waals surface area contributed by atoms with Crippen molar-refractivity contribution in [2.75, 3.05) is 5.33 Å². The summed E-state index contributed by atoms with van der Waals surface area (Å²) in [6.07, 6.45) is 0.939. The van der Waals surface area contributed by atoms with Gasteiger partial charge in [-0.05, 0) is 19.3 Å². The van der Waals surface area contributed by atoms with Gasteiger partial charge in [-0.15, -0.1) is 0 Å². The predicted octanol–water partition coefficient (Wildman–Crippen LogP) is 2.96. The van der Waals surface area contributed by atoms with Crippen LogP contribution in [0.2, 0.25) is 0 Å². The number of rotatable bonds is 5. The first-order chi connectivity index (χ1) is 6.36. The van der Waals surface area contributed by atoms with Crippen LogP contribution < -0.4 is 5.32 Å². The van der Waals surface area contributed by atoms with Crippen molar-refractivity contribution in [1.29, 1.82) is 0 Å². The highest BCUT2D eigenvalue weighted by Gasteiger charge is 2.26. The number of hydrogen-bond acceptors (Lipinski definition) is 1. The van der Waals surface area contributed by atoms with Gasteiger partial charge in [0.05, 0.1) is 0 Å². The molecule has 0 aromatic carbocycles. The summed E-state index contributed by atoms with van der Waals surface area (Å²) in [4.78, 5) is 11.8. The molecule has 0 aromatic heterocycles. The first-order valence-electron chi connectivity index (χ1n) is 5.24. The summed E-state index contributed by atoms with van der Waals surface area (Å²) < 4.78 is 0. The van der Waals surface area contributed by atoms with Gasteiger partial charge in [-0.25, -0.2) is 0 Å². The zero-order valence-corrected chi connectivity index (χ0v) is 11.4. The summed E-state index contributed by atoms with van der Waals surface area (Å²) in [7, 11) is 0. The lowest BCUT2D eigenvalue weighted by molar-refractivity contribution is -0.127. The zero-order valence-electron chi connectivity index (χ0n) is 9.86. The predicted molar refractivity (Wildman–Crippen MR) is 64.6 cm³/mol. The van der Waals surface area contributed by atoms with Gasteiger partial charge in [0, 0.05) is 16.8 Å². The van der Waals surface area contributed by atoms with Gasteiger partial charge in [-0.2, -0.15) is 0 Å². The molecule has 2 atom stereocenters. The standard InChI is InChI=1S/C11H22BrNO/c1-6-11(5,7-12)13-10(14)9(4)8(2)3/h8-9H,6-7H2,1-5H3,(H,13,14). The minimum atomic E-state index is -0.111. The lowest BCUT2D eigenvalue weighted by Gasteiger charge is -2.29. The molecule has 0 saturated heterocycles. The van der Waals surface area contributed by atoms with E-state index >= 15 is 0 Å². The maximum Gasteiger partial charge on any atom is 0.223 e. The zero-order chi connectivity index (χ0) is 11.4. The van der Waals surface area contributed by atoms with E-state index in [0.717, 1.165) is 11.8 Å². The molecule has 0 rings (SSSR count). The Labute approximate surface area is 96.0 Å². The molecule has 0 spiro atoms. The van der Waals surface area contributed by atoms with Crippen LogP contribution in [0.5, 0.6) is 0 Å². The molecule has 0 radical (unpaired) electrons. The van der Waals surface area contributed by atoms with Gasteiger partial charge in [-0.1, -0.05) is 43.6 Å². The van der Waals surface area contributed by atoms with Crippen molar-refractivity contribution in [2.24, 2.45) is 11.8 Å². The summed E-state index contributed by atoms with van der Waals surface area (Å²) in [6, 6.07) is 0. The second-order valence-corrected chi connectivity index (χ2v) is 5.13. The van der Waals surface area contributed by atoms with E-state index in [2.05, 4.69) is 48.9 Å². The van der Waals surface area contributed by atoms with E-state index in [1.807, 2.05) is 6.92 Å². The van der Waals surface area contributed by atoms with Crippen LogP contribution in [0, 0.1) is 11.8 Å². The van der Waals surface area contributed by atoms with Crippen molar-refractivity contribution < 1.29 is 4.79 Å². The second-order valence-electron chi connectivity index (χ2n) is 4.57. The van der Waals surface area contributed by atoms with Crippen LogP contribution in [0.3, 0.4) is 0 Å². The molecule has 1 N–H and O–H groups in total. The Hall–Kier alpha value is -0.0500. The molecular formula is C11H22BrNO. The summed E-state index contributed by atoms with van der Waals surface area (Å²) in [5.41, 5.74) is -0.111. The Balaban J connectivity index is 4.30. The van der Waals surface area contributed by atoms with Crippen LogP contribution in [0.15, 0.2) is 0 Å². The Kier molecular flexibility index (Phi) is 5.72. The second kappa shape index (κ2) is 5.74.